The smallest absolute Gasteiger partial charge is 0.320 e. The first-order chi connectivity index (χ1) is 9.88. The lowest BCUT2D eigenvalue weighted by atomic mass is 9.91. The summed E-state index contributed by atoms with van der Waals surface area (Å²) < 4.78 is 0. The number of aryl methyl sites for hydroxylation is 1. The summed E-state index contributed by atoms with van der Waals surface area (Å²) in [6.45, 7) is 5.40. The minimum absolute atomic E-state index is 0.427. The average molecular weight is 290 g/mol. The number of carboxylic acids is 1. The van der Waals surface area contributed by atoms with Gasteiger partial charge in [-0.25, -0.2) is 0 Å². The van der Waals surface area contributed by atoms with E-state index in [1.807, 2.05) is 17.9 Å². The predicted molar refractivity (Wildman–Crippen MR) is 79.9 cm³/mol. The number of amides is 1. The third-order valence-corrected chi connectivity index (χ3v) is 4.26. The van der Waals surface area contributed by atoms with Crippen LogP contribution in [-0.2, 0) is 11.3 Å². The Labute approximate surface area is 124 Å². The van der Waals surface area contributed by atoms with Crippen molar-refractivity contribution >= 4 is 11.9 Å². The zero-order chi connectivity index (χ0) is 15.6. The summed E-state index contributed by atoms with van der Waals surface area (Å²) in [5.74, 6) is -0.756. The van der Waals surface area contributed by atoms with Crippen LogP contribution in [0.15, 0.2) is 18.2 Å². The van der Waals surface area contributed by atoms with Crippen molar-refractivity contribution in [1.82, 2.24) is 4.90 Å². The molecule has 2 rings (SSSR count). The highest BCUT2D eigenvalue weighted by molar-refractivity contribution is 5.93. The van der Waals surface area contributed by atoms with Crippen LogP contribution >= 0.6 is 0 Å². The van der Waals surface area contributed by atoms with Gasteiger partial charge >= 0.3 is 5.97 Å². The van der Waals surface area contributed by atoms with E-state index in [4.69, 9.17) is 5.73 Å². The van der Waals surface area contributed by atoms with Gasteiger partial charge < -0.3 is 10.8 Å². The van der Waals surface area contributed by atoms with Crippen molar-refractivity contribution in [2.24, 2.45) is 11.7 Å². The number of carboxylic acid groups (broad SMARTS) is 1. The van der Waals surface area contributed by atoms with Crippen LogP contribution in [-0.4, -0.2) is 34.5 Å². The van der Waals surface area contributed by atoms with Gasteiger partial charge in [0.15, 0.2) is 0 Å². The summed E-state index contributed by atoms with van der Waals surface area (Å²) in [4.78, 5) is 24.6. The highest BCUT2D eigenvalue weighted by atomic mass is 16.4. The van der Waals surface area contributed by atoms with Gasteiger partial charge in [0, 0.05) is 12.1 Å². The molecule has 5 nitrogen and oxygen atoms in total. The van der Waals surface area contributed by atoms with Crippen LogP contribution in [0.1, 0.15) is 41.3 Å². The number of carbonyl (C=O) groups excluding carboxylic acids is 1. The molecule has 1 aliphatic rings. The molecule has 2 atom stereocenters. The highest BCUT2D eigenvalue weighted by Crippen LogP contribution is 2.25. The van der Waals surface area contributed by atoms with Crippen molar-refractivity contribution in [3.63, 3.8) is 0 Å². The Balaban J connectivity index is 2.16. The minimum Gasteiger partial charge on any atom is -0.480 e. The molecule has 1 heterocycles. The zero-order valence-corrected chi connectivity index (χ0v) is 12.5. The van der Waals surface area contributed by atoms with E-state index in [0.29, 0.717) is 24.4 Å². The fraction of sp³-hybridized carbons (Fsp3) is 0.500. The normalized spacial score (nSPS) is 23.0. The number of hydrogen-bond acceptors (Lipinski definition) is 3. The van der Waals surface area contributed by atoms with Gasteiger partial charge in [0.1, 0.15) is 6.04 Å². The Kier molecular flexibility index (Phi) is 4.63. The number of rotatable bonds is 4. The molecule has 1 aromatic carbocycles. The lowest BCUT2D eigenvalue weighted by Gasteiger charge is -2.36. The summed E-state index contributed by atoms with van der Waals surface area (Å²) in [6, 6.07) is 4.91. The Hall–Kier alpha value is -1.88. The van der Waals surface area contributed by atoms with Crippen LogP contribution in [0.3, 0.4) is 0 Å². The fourth-order valence-electron chi connectivity index (χ4n) is 2.88. The molecule has 0 aliphatic carbocycles. The van der Waals surface area contributed by atoms with Gasteiger partial charge in [-0.05, 0) is 55.5 Å². The Morgan fingerprint density at radius 1 is 1.43 bits per heavy atom. The second kappa shape index (κ2) is 6.26. The molecule has 5 heteroatoms. The van der Waals surface area contributed by atoms with E-state index in [1.165, 1.54) is 0 Å². The molecule has 1 aromatic rings. The third kappa shape index (κ3) is 3.61. The standard InChI is InChI=1S/C16H22N2O3/c1-10-5-6-18(14(7-10)16(20)21)9-13-4-3-12(15(17)19)8-11(13)2/h3-4,8,10,14H,5-7,9H2,1-2H3,(H2,17,19)(H,20,21). The van der Waals surface area contributed by atoms with Crippen molar-refractivity contribution in [1.29, 1.82) is 0 Å². The molecule has 2 unspecified atom stereocenters. The van der Waals surface area contributed by atoms with Crippen molar-refractivity contribution in [3.05, 3.63) is 34.9 Å². The maximum Gasteiger partial charge on any atom is 0.320 e. The maximum absolute atomic E-state index is 11.4. The van der Waals surface area contributed by atoms with Crippen molar-refractivity contribution in [2.45, 2.75) is 39.3 Å². The average Bonchev–Trinajstić information content (AvgIpc) is 2.42. The van der Waals surface area contributed by atoms with E-state index in [9.17, 15) is 14.7 Å². The first-order valence-electron chi connectivity index (χ1n) is 7.24. The third-order valence-electron chi connectivity index (χ3n) is 4.26. The second-order valence-electron chi connectivity index (χ2n) is 5.96. The van der Waals surface area contributed by atoms with Gasteiger partial charge in [0.05, 0.1) is 0 Å². The molecule has 0 bridgehead atoms. The van der Waals surface area contributed by atoms with E-state index in [0.717, 1.165) is 24.1 Å². The van der Waals surface area contributed by atoms with Crippen LogP contribution < -0.4 is 5.73 Å². The number of benzene rings is 1. The molecule has 3 N–H and O–H groups in total. The number of likely N-dealkylation sites (tertiary alicyclic amines) is 1. The van der Waals surface area contributed by atoms with E-state index in [-0.39, 0.29) is 0 Å². The summed E-state index contributed by atoms with van der Waals surface area (Å²) in [7, 11) is 0. The fourth-order valence-corrected chi connectivity index (χ4v) is 2.88. The number of nitrogens with zero attached hydrogens (tertiary/aromatic N) is 1. The molecule has 0 aromatic heterocycles. The topological polar surface area (TPSA) is 83.6 Å². The van der Waals surface area contributed by atoms with Crippen molar-refractivity contribution in [3.8, 4) is 0 Å². The molecule has 0 saturated carbocycles. The maximum atomic E-state index is 11.4. The molecule has 0 radical (unpaired) electrons. The summed E-state index contributed by atoms with van der Waals surface area (Å²) >= 11 is 0. The molecular formula is C16H22N2O3. The predicted octanol–water partition coefficient (Wildman–Crippen LogP) is 1.78. The molecule has 21 heavy (non-hydrogen) atoms. The number of carbonyl (C=O) groups is 2. The van der Waals surface area contributed by atoms with Gasteiger partial charge in [-0.3, -0.25) is 14.5 Å². The number of primary amides is 1. The van der Waals surface area contributed by atoms with Crippen LogP contribution in [0.25, 0.3) is 0 Å². The first kappa shape index (κ1) is 15.5. The number of hydrogen-bond donors (Lipinski definition) is 2. The molecule has 1 amide bonds. The van der Waals surface area contributed by atoms with Crippen LogP contribution in [0.4, 0.5) is 0 Å². The lowest BCUT2D eigenvalue weighted by molar-refractivity contribution is -0.145. The molecule has 1 fully saturated rings. The van der Waals surface area contributed by atoms with E-state index < -0.39 is 17.9 Å². The first-order valence-corrected chi connectivity index (χ1v) is 7.24. The van der Waals surface area contributed by atoms with E-state index in [1.54, 1.807) is 12.1 Å². The molecule has 0 spiro atoms. The van der Waals surface area contributed by atoms with Crippen LogP contribution in [0, 0.1) is 12.8 Å². The van der Waals surface area contributed by atoms with Crippen LogP contribution in [0.5, 0.6) is 0 Å². The van der Waals surface area contributed by atoms with Gasteiger partial charge in [-0.15, -0.1) is 0 Å². The summed E-state index contributed by atoms with van der Waals surface area (Å²) in [6.07, 6.45) is 1.70. The molecule has 114 valence electrons. The summed E-state index contributed by atoms with van der Waals surface area (Å²) in [5, 5.41) is 9.39. The number of aliphatic carboxylic acids is 1. The second-order valence-corrected chi connectivity index (χ2v) is 5.96. The molecule has 1 saturated heterocycles. The summed E-state index contributed by atoms with van der Waals surface area (Å²) in [5.41, 5.74) is 7.76. The Bertz CT molecular complexity index is 556. The zero-order valence-electron chi connectivity index (χ0n) is 12.5. The van der Waals surface area contributed by atoms with Gasteiger partial charge in [0.2, 0.25) is 5.91 Å². The lowest BCUT2D eigenvalue weighted by Crippen LogP contribution is -2.46. The largest absolute Gasteiger partial charge is 0.480 e. The van der Waals surface area contributed by atoms with Crippen LogP contribution in [0.2, 0.25) is 0 Å². The molecule has 1 aliphatic heterocycles. The molecular weight excluding hydrogens is 268 g/mol. The van der Waals surface area contributed by atoms with Gasteiger partial charge in [-0.1, -0.05) is 13.0 Å². The minimum atomic E-state index is -0.757. The quantitative estimate of drug-likeness (QED) is 0.885. The Morgan fingerprint density at radius 2 is 2.14 bits per heavy atom. The monoisotopic (exact) mass is 290 g/mol. The van der Waals surface area contributed by atoms with E-state index >= 15 is 0 Å². The van der Waals surface area contributed by atoms with Gasteiger partial charge in [0.25, 0.3) is 0 Å². The van der Waals surface area contributed by atoms with E-state index in [2.05, 4.69) is 6.92 Å². The van der Waals surface area contributed by atoms with Crippen molar-refractivity contribution in [2.75, 3.05) is 6.54 Å². The number of nitrogens with two attached hydrogens (primary N) is 1. The highest BCUT2D eigenvalue weighted by Gasteiger charge is 2.31. The SMILES string of the molecule is Cc1cc(C(N)=O)ccc1CN1CCC(C)CC1C(=O)O. The number of piperidine rings is 1. The Morgan fingerprint density at radius 3 is 2.71 bits per heavy atom. The van der Waals surface area contributed by atoms with Crippen molar-refractivity contribution < 1.29 is 14.7 Å². The van der Waals surface area contributed by atoms with Gasteiger partial charge in [-0.2, -0.15) is 0 Å².